The Morgan fingerprint density at radius 1 is 1.14 bits per heavy atom. The maximum atomic E-state index is 12.7. The van der Waals surface area contributed by atoms with E-state index in [9.17, 15) is 4.79 Å². The molecule has 3 aromatic rings. The third-order valence-electron chi connectivity index (χ3n) is 4.06. The van der Waals surface area contributed by atoms with E-state index >= 15 is 0 Å². The van der Waals surface area contributed by atoms with Crippen LogP contribution in [0.15, 0.2) is 47.3 Å². The molecule has 21 heavy (non-hydrogen) atoms. The van der Waals surface area contributed by atoms with Gasteiger partial charge >= 0.3 is 0 Å². The highest BCUT2D eigenvalue weighted by Gasteiger charge is 2.18. The van der Waals surface area contributed by atoms with Gasteiger partial charge in [0.25, 0.3) is 5.56 Å². The molecule has 0 amide bonds. The van der Waals surface area contributed by atoms with Crippen molar-refractivity contribution in [3.05, 3.63) is 63.4 Å². The number of aromatic nitrogens is 1. The van der Waals surface area contributed by atoms with Crippen molar-refractivity contribution in [1.82, 2.24) is 4.57 Å². The molecule has 1 aromatic heterocycles. The summed E-state index contributed by atoms with van der Waals surface area (Å²) in [5, 5.41) is 5.70. The summed E-state index contributed by atoms with van der Waals surface area (Å²) >= 11 is 6.12. The lowest BCUT2D eigenvalue weighted by Gasteiger charge is -2.24. The van der Waals surface area contributed by atoms with Gasteiger partial charge in [-0.3, -0.25) is 9.36 Å². The van der Waals surface area contributed by atoms with Crippen LogP contribution >= 0.6 is 11.6 Å². The lowest BCUT2D eigenvalue weighted by molar-refractivity contribution is 0.743. The summed E-state index contributed by atoms with van der Waals surface area (Å²) < 4.78 is 1.76. The van der Waals surface area contributed by atoms with Gasteiger partial charge in [-0.25, -0.2) is 0 Å². The molecule has 4 rings (SSSR count). The number of nitrogens with one attached hydrogen (secondary N) is 1. The second kappa shape index (κ2) is 4.37. The fourth-order valence-electron chi connectivity index (χ4n) is 2.96. The molecule has 1 N–H and O–H groups in total. The van der Waals surface area contributed by atoms with E-state index in [1.54, 1.807) is 4.57 Å². The minimum atomic E-state index is 0.0318. The van der Waals surface area contributed by atoms with Crippen molar-refractivity contribution in [1.29, 1.82) is 0 Å². The average molecular weight is 297 g/mol. The lowest BCUT2D eigenvalue weighted by Crippen LogP contribution is -2.28. The fraction of sp³-hybridized carbons (Fsp3) is 0.118. The smallest absolute Gasteiger partial charge is 0.260 e. The molecule has 1 aliphatic heterocycles. The van der Waals surface area contributed by atoms with Gasteiger partial charge in [0.2, 0.25) is 0 Å². The van der Waals surface area contributed by atoms with Gasteiger partial charge in [-0.1, -0.05) is 23.7 Å². The summed E-state index contributed by atoms with van der Waals surface area (Å²) in [4.78, 5) is 12.7. The number of fused-ring (bicyclic) bond motifs is 4. The monoisotopic (exact) mass is 296 g/mol. The molecule has 0 fully saturated rings. The van der Waals surface area contributed by atoms with Crippen molar-refractivity contribution in [3.63, 3.8) is 0 Å². The summed E-state index contributed by atoms with van der Waals surface area (Å²) in [5.74, 6) is 0. The second-order valence-corrected chi connectivity index (χ2v) is 5.76. The minimum Gasteiger partial charge on any atom is -0.367 e. The Bertz CT molecular complexity index is 943. The third kappa shape index (κ3) is 1.78. The Hall–Kier alpha value is -2.26. The summed E-state index contributed by atoms with van der Waals surface area (Å²) in [6, 6.07) is 13.6. The van der Waals surface area contributed by atoms with Crippen LogP contribution in [0.2, 0.25) is 5.02 Å². The molecule has 3 nitrogen and oxygen atoms in total. The number of anilines is 1. The number of hydrogen-bond acceptors (Lipinski definition) is 2. The number of benzene rings is 2. The topological polar surface area (TPSA) is 34.0 Å². The van der Waals surface area contributed by atoms with Crippen LogP contribution in [0.25, 0.3) is 22.0 Å². The minimum absolute atomic E-state index is 0.0318. The van der Waals surface area contributed by atoms with Crippen LogP contribution in [0.1, 0.15) is 5.56 Å². The van der Waals surface area contributed by atoms with Crippen LogP contribution in [0, 0.1) is 6.92 Å². The van der Waals surface area contributed by atoms with Gasteiger partial charge in [-0.15, -0.1) is 0 Å². The first kappa shape index (κ1) is 12.5. The number of rotatable bonds is 0. The molecule has 104 valence electrons. The standard InChI is InChI=1S/C17H13ClN2O/c1-10-3-2-4-12-13(10)8-16-14-7-11(18)5-6-15(14)19-9-20(16)17(12)21/h2-8,19H,9H2,1H3. The van der Waals surface area contributed by atoms with E-state index < -0.39 is 0 Å². The molecular formula is C17H13ClN2O. The average Bonchev–Trinajstić information content (AvgIpc) is 2.48. The van der Waals surface area contributed by atoms with Gasteiger partial charge in [0.15, 0.2) is 0 Å². The zero-order valence-corrected chi connectivity index (χ0v) is 12.2. The number of nitrogens with zero attached hydrogens (tertiary/aromatic N) is 1. The number of halogens is 1. The summed E-state index contributed by atoms with van der Waals surface area (Å²) in [6.07, 6.45) is 0. The molecule has 0 spiro atoms. The molecule has 0 unspecified atom stereocenters. The van der Waals surface area contributed by atoms with Crippen LogP contribution in [-0.4, -0.2) is 4.57 Å². The van der Waals surface area contributed by atoms with Crippen LogP contribution in [0.3, 0.4) is 0 Å². The largest absolute Gasteiger partial charge is 0.367 e. The van der Waals surface area contributed by atoms with Crippen molar-refractivity contribution in [2.45, 2.75) is 13.6 Å². The SMILES string of the molecule is Cc1cccc2c(=O)n3c(cc12)-c1cc(Cl)ccc1NC3. The molecule has 2 aromatic carbocycles. The molecule has 0 atom stereocenters. The predicted molar refractivity (Wildman–Crippen MR) is 87.0 cm³/mol. The van der Waals surface area contributed by atoms with E-state index in [0.717, 1.165) is 33.3 Å². The number of pyridine rings is 1. The highest BCUT2D eigenvalue weighted by Crippen LogP contribution is 2.34. The fourth-order valence-corrected chi connectivity index (χ4v) is 3.13. The summed E-state index contributed by atoms with van der Waals surface area (Å²) in [6.45, 7) is 2.51. The Kier molecular flexibility index (Phi) is 2.59. The third-order valence-corrected chi connectivity index (χ3v) is 4.29. The maximum absolute atomic E-state index is 12.7. The van der Waals surface area contributed by atoms with Crippen molar-refractivity contribution >= 4 is 28.1 Å². The molecule has 2 heterocycles. The highest BCUT2D eigenvalue weighted by molar-refractivity contribution is 6.31. The van der Waals surface area contributed by atoms with E-state index in [4.69, 9.17) is 11.6 Å². The van der Waals surface area contributed by atoms with Crippen molar-refractivity contribution in [2.24, 2.45) is 0 Å². The lowest BCUT2D eigenvalue weighted by atomic mass is 10.0. The van der Waals surface area contributed by atoms with E-state index in [0.29, 0.717) is 11.7 Å². The van der Waals surface area contributed by atoms with Gasteiger partial charge in [0.1, 0.15) is 0 Å². The van der Waals surface area contributed by atoms with Crippen molar-refractivity contribution in [2.75, 3.05) is 5.32 Å². The molecule has 4 heteroatoms. The normalized spacial score (nSPS) is 12.7. The van der Waals surface area contributed by atoms with Crippen LogP contribution in [-0.2, 0) is 6.67 Å². The van der Waals surface area contributed by atoms with Crippen LogP contribution in [0.5, 0.6) is 0 Å². The zero-order valence-electron chi connectivity index (χ0n) is 11.5. The highest BCUT2D eigenvalue weighted by atomic mass is 35.5. The van der Waals surface area contributed by atoms with Crippen LogP contribution < -0.4 is 10.9 Å². The van der Waals surface area contributed by atoms with Gasteiger partial charge in [-0.05, 0) is 48.2 Å². The van der Waals surface area contributed by atoms with E-state index in [2.05, 4.69) is 11.4 Å². The van der Waals surface area contributed by atoms with Crippen LogP contribution in [0.4, 0.5) is 5.69 Å². The Morgan fingerprint density at radius 3 is 2.86 bits per heavy atom. The first-order valence-corrected chi connectivity index (χ1v) is 7.20. The molecular weight excluding hydrogens is 284 g/mol. The van der Waals surface area contributed by atoms with Gasteiger partial charge in [0, 0.05) is 21.7 Å². The maximum Gasteiger partial charge on any atom is 0.260 e. The van der Waals surface area contributed by atoms with Crippen molar-refractivity contribution in [3.8, 4) is 11.3 Å². The molecule has 1 aliphatic rings. The number of hydrogen-bond donors (Lipinski definition) is 1. The Morgan fingerprint density at radius 2 is 2.00 bits per heavy atom. The first-order chi connectivity index (χ1) is 10.1. The van der Waals surface area contributed by atoms with Gasteiger partial charge < -0.3 is 5.32 Å². The predicted octanol–water partition coefficient (Wildman–Crippen LogP) is 4.01. The Labute approximate surface area is 126 Å². The molecule has 0 bridgehead atoms. The zero-order chi connectivity index (χ0) is 14.6. The Balaban J connectivity index is 2.15. The second-order valence-electron chi connectivity index (χ2n) is 5.32. The molecule has 0 saturated carbocycles. The first-order valence-electron chi connectivity index (χ1n) is 6.82. The quantitative estimate of drug-likeness (QED) is 0.680. The van der Waals surface area contributed by atoms with Gasteiger partial charge in [-0.2, -0.15) is 0 Å². The van der Waals surface area contributed by atoms with E-state index in [1.165, 1.54) is 0 Å². The van der Waals surface area contributed by atoms with Crippen molar-refractivity contribution < 1.29 is 0 Å². The molecule has 0 saturated heterocycles. The van der Waals surface area contributed by atoms with Gasteiger partial charge in [0.05, 0.1) is 12.4 Å². The van der Waals surface area contributed by atoms with E-state index in [1.807, 2.05) is 43.3 Å². The summed E-state index contributed by atoms with van der Waals surface area (Å²) in [5.41, 5.74) is 4.03. The summed E-state index contributed by atoms with van der Waals surface area (Å²) in [7, 11) is 0. The van der Waals surface area contributed by atoms with E-state index in [-0.39, 0.29) is 5.56 Å². The number of aryl methyl sites for hydroxylation is 1. The molecule has 0 aliphatic carbocycles. The molecule has 0 radical (unpaired) electrons.